The number of piperidine rings is 1. The van der Waals surface area contributed by atoms with Gasteiger partial charge in [0.15, 0.2) is 0 Å². The Labute approximate surface area is 201 Å². The molecule has 174 valence electrons. The first kappa shape index (κ1) is 22.2. The number of carbonyl (C=O) groups excluding carboxylic acids is 2. The second-order valence-corrected chi connectivity index (χ2v) is 9.41. The van der Waals surface area contributed by atoms with Gasteiger partial charge in [0.2, 0.25) is 11.8 Å². The Morgan fingerprint density at radius 1 is 1.00 bits per heavy atom. The third kappa shape index (κ3) is 4.84. The summed E-state index contributed by atoms with van der Waals surface area (Å²) in [5, 5.41) is 6.18. The fraction of sp³-hybridized carbons (Fsp3) is 0.310. The van der Waals surface area contributed by atoms with E-state index < -0.39 is 0 Å². The number of benzene rings is 3. The van der Waals surface area contributed by atoms with Crippen molar-refractivity contribution < 1.29 is 9.59 Å². The van der Waals surface area contributed by atoms with Crippen LogP contribution in [-0.4, -0.2) is 24.9 Å². The van der Waals surface area contributed by atoms with Crippen molar-refractivity contribution in [3.8, 4) is 0 Å². The van der Waals surface area contributed by atoms with Gasteiger partial charge >= 0.3 is 0 Å². The molecule has 34 heavy (non-hydrogen) atoms. The first-order chi connectivity index (χ1) is 16.6. The highest BCUT2D eigenvalue weighted by atomic mass is 16.2. The summed E-state index contributed by atoms with van der Waals surface area (Å²) >= 11 is 0. The summed E-state index contributed by atoms with van der Waals surface area (Å²) < 4.78 is 0. The van der Waals surface area contributed by atoms with E-state index in [1.807, 2.05) is 36.4 Å². The van der Waals surface area contributed by atoms with Crippen LogP contribution in [0, 0.1) is 6.92 Å². The van der Waals surface area contributed by atoms with E-state index in [1.165, 1.54) is 30.5 Å². The highest BCUT2D eigenvalue weighted by Gasteiger charge is 2.24. The van der Waals surface area contributed by atoms with Crippen molar-refractivity contribution in [2.75, 3.05) is 23.3 Å². The Balaban J connectivity index is 1.43. The Bertz CT molecular complexity index is 1200. The standard InChI is InChI=1S/C29H31N3O2/c1-20-10-12-24(26(16-20)32-14-6-3-7-15-32)29(22-8-4-2-5-9-22)31-27(33)18-21-11-13-25-23(17-21)19-28(34)30-25/h2,4-5,8-13,16-17,29H,3,6-7,14-15,18-19H2,1H3,(H,30,34)(H,31,33). The van der Waals surface area contributed by atoms with Gasteiger partial charge in [-0.1, -0.05) is 54.6 Å². The van der Waals surface area contributed by atoms with E-state index in [2.05, 4.69) is 52.8 Å². The Morgan fingerprint density at radius 2 is 1.79 bits per heavy atom. The summed E-state index contributed by atoms with van der Waals surface area (Å²) in [5.41, 5.74) is 7.37. The Hall–Kier alpha value is -3.60. The molecule has 5 rings (SSSR count). The van der Waals surface area contributed by atoms with Crippen LogP contribution in [0.5, 0.6) is 0 Å². The van der Waals surface area contributed by atoms with Gasteiger partial charge in [-0.3, -0.25) is 9.59 Å². The molecule has 2 N–H and O–H groups in total. The molecule has 2 heterocycles. The van der Waals surface area contributed by atoms with Crippen molar-refractivity contribution in [3.63, 3.8) is 0 Å². The van der Waals surface area contributed by atoms with Gasteiger partial charge in [0.1, 0.15) is 0 Å². The SMILES string of the molecule is Cc1ccc(C(NC(=O)Cc2ccc3c(c2)CC(=O)N3)c2ccccc2)c(N2CCCCC2)c1. The van der Waals surface area contributed by atoms with Gasteiger partial charge in [-0.05, 0) is 60.6 Å². The molecule has 1 atom stereocenters. The van der Waals surface area contributed by atoms with Gasteiger partial charge in [-0.25, -0.2) is 0 Å². The van der Waals surface area contributed by atoms with Gasteiger partial charge < -0.3 is 15.5 Å². The summed E-state index contributed by atoms with van der Waals surface area (Å²) in [7, 11) is 0. The normalized spacial score (nSPS) is 16.0. The zero-order valence-electron chi connectivity index (χ0n) is 19.6. The van der Waals surface area contributed by atoms with Crippen LogP contribution in [0.25, 0.3) is 0 Å². The number of nitrogens with zero attached hydrogens (tertiary/aromatic N) is 1. The lowest BCUT2D eigenvalue weighted by molar-refractivity contribution is -0.121. The van der Waals surface area contributed by atoms with Crippen LogP contribution in [-0.2, 0) is 22.4 Å². The van der Waals surface area contributed by atoms with E-state index in [-0.39, 0.29) is 24.3 Å². The molecular weight excluding hydrogens is 422 g/mol. The van der Waals surface area contributed by atoms with Crippen molar-refractivity contribution >= 4 is 23.2 Å². The topological polar surface area (TPSA) is 61.4 Å². The maximum atomic E-state index is 13.3. The first-order valence-corrected chi connectivity index (χ1v) is 12.2. The molecule has 3 aromatic rings. The molecule has 1 fully saturated rings. The molecule has 2 aliphatic rings. The van der Waals surface area contributed by atoms with Crippen LogP contribution < -0.4 is 15.5 Å². The summed E-state index contributed by atoms with van der Waals surface area (Å²) in [6, 6.07) is 22.3. The fourth-order valence-corrected chi connectivity index (χ4v) is 5.08. The zero-order valence-corrected chi connectivity index (χ0v) is 19.6. The number of hydrogen-bond acceptors (Lipinski definition) is 3. The molecule has 0 saturated carbocycles. The summed E-state index contributed by atoms with van der Waals surface area (Å²) in [4.78, 5) is 27.4. The van der Waals surface area contributed by atoms with Gasteiger partial charge in [0.25, 0.3) is 0 Å². The third-order valence-corrected chi connectivity index (χ3v) is 6.79. The smallest absolute Gasteiger partial charge is 0.228 e. The van der Waals surface area contributed by atoms with E-state index in [1.54, 1.807) is 0 Å². The third-order valence-electron chi connectivity index (χ3n) is 6.79. The van der Waals surface area contributed by atoms with E-state index in [4.69, 9.17) is 0 Å². The quantitative estimate of drug-likeness (QED) is 0.556. The van der Waals surface area contributed by atoms with E-state index in [0.717, 1.165) is 41.0 Å². The van der Waals surface area contributed by atoms with Crippen molar-refractivity contribution in [1.29, 1.82) is 0 Å². The number of fused-ring (bicyclic) bond motifs is 1. The van der Waals surface area contributed by atoms with Crippen LogP contribution in [0.4, 0.5) is 11.4 Å². The lowest BCUT2D eigenvalue weighted by Gasteiger charge is -2.33. The molecule has 0 bridgehead atoms. The monoisotopic (exact) mass is 453 g/mol. The second-order valence-electron chi connectivity index (χ2n) is 9.41. The predicted octanol–water partition coefficient (Wildman–Crippen LogP) is 4.93. The lowest BCUT2D eigenvalue weighted by atomic mass is 9.94. The average Bonchev–Trinajstić information content (AvgIpc) is 3.23. The second kappa shape index (κ2) is 9.72. The lowest BCUT2D eigenvalue weighted by Crippen LogP contribution is -2.34. The summed E-state index contributed by atoms with van der Waals surface area (Å²) in [6.07, 6.45) is 4.32. The van der Waals surface area contributed by atoms with Gasteiger partial charge in [-0.15, -0.1) is 0 Å². The van der Waals surface area contributed by atoms with Crippen LogP contribution in [0.3, 0.4) is 0 Å². The number of amides is 2. The molecule has 0 aromatic heterocycles. The van der Waals surface area contributed by atoms with Crippen molar-refractivity contribution in [1.82, 2.24) is 5.32 Å². The Morgan fingerprint density at radius 3 is 2.59 bits per heavy atom. The molecule has 0 aliphatic carbocycles. The number of aryl methyl sites for hydroxylation is 1. The largest absolute Gasteiger partial charge is 0.371 e. The van der Waals surface area contributed by atoms with E-state index in [9.17, 15) is 9.59 Å². The van der Waals surface area contributed by atoms with Crippen molar-refractivity contribution in [2.45, 2.75) is 45.1 Å². The average molecular weight is 454 g/mol. The number of hydrogen-bond donors (Lipinski definition) is 2. The molecule has 3 aromatic carbocycles. The molecule has 0 radical (unpaired) electrons. The molecule has 1 unspecified atom stereocenters. The number of rotatable bonds is 6. The molecule has 0 spiro atoms. The van der Waals surface area contributed by atoms with Gasteiger partial charge in [-0.2, -0.15) is 0 Å². The number of carbonyl (C=O) groups is 2. The molecule has 5 nitrogen and oxygen atoms in total. The first-order valence-electron chi connectivity index (χ1n) is 12.2. The minimum absolute atomic E-state index is 0.00496. The van der Waals surface area contributed by atoms with E-state index >= 15 is 0 Å². The van der Waals surface area contributed by atoms with Gasteiger partial charge in [0.05, 0.1) is 18.9 Å². The number of nitrogens with one attached hydrogen (secondary N) is 2. The number of anilines is 2. The molecule has 1 saturated heterocycles. The predicted molar refractivity (Wildman–Crippen MR) is 136 cm³/mol. The highest BCUT2D eigenvalue weighted by Crippen LogP contribution is 2.33. The maximum absolute atomic E-state index is 13.3. The molecular formula is C29H31N3O2. The van der Waals surface area contributed by atoms with Crippen LogP contribution in [0.1, 0.15) is 53.1 Å². The summed E-state index contributed by atoms with van der Waals surface area (Å²) in [6.45, 7) is 4.22. The van der Waals surface area contributed by atoms with E-state index in [0.29, 0.717) is 6.42 Å². The van der Waals surface area contributed by atoms with Gasteiger partial charge in [0, 0.05) is 30.0 Å². The van der Waals surface area contributed by atoms with Crippen molar-refractivity contribution in [3.05, 3.63) is 94.5 Å². The van der Waals surface area contributed by atoms with Crippen LogP contribution in [0.2, 0.25) is 0 Å². The molecule has 2 amide bonds. The minimum atomic E-state index is -0.233. The maximum Gasteiger partial charge on any atom is 0.228 e. The van der Waals surface area contributed by atoms with Crippen molar-refractivity contribution in [2.24, 2.45) is 0 Å². The summed E-state index contributed by atoms with van der Waals surface area (Å²) in [5.74, 6) is -0.0263. The highest BCUT2D eigenvalue weighted by molar-refractivity contribution is 5.99. The molecule has 2 aliphatic heterocycles. The van der Waals surface area contributed by atoms with Crippen LogP contribution >= 0.6 is 0 Å². The Kier molecular flexibility index (Phi) is 6.35. The minimum Gasteiger partial charge on any atom is -0.371 e. The fourth-order valence-electron chi connectivity index (χ4n) is 5.08. The zero-order chi connectivity index (χ0) is 23.5. The molecule has 5 heteroatoms. The van der Waals surface area contributed by atoms with Crippen LogP contribution in [0.15, 0.2) is 66.7 Å².